The molecule has 1 unspecified atom stereocenters. The third-order valence-electron chi connectivity index (χ3n) is 3.10. The lowest BCUT2D eigenvalue weighted by molar-refractivity contribution is -0.122. The number of rotatable bonds is 2. The van der Waals surface area contributed by atoms with Gasteiger partial charge in [0.15, 0.2) is 0 Å². The molecule has 0 spiro atoms. The van der Waals surface area contributed by atoms with Crippen LogP contribution < -0.4 is 11.1 Å². The largest absolute Gasteiger partial charge is 0.348 e. The fourth-order valence-electron chi connectivity index (χ4n) is 2.21. The molecule has 0 bridgehead atoms. The molecular weight excluding hydrogens is 236 g/mol. The lowest BCUT2D eigenvalue weighted by Crippen LogP contribution is -2.41. The highest BCUT2D eigenvalue weighted by atomic mass is 35.5. The van der Waals surface area contributed by atoms with Crippen molar-refractivity contribution in [2.45, 2.75) is 38.3 Å². The van der Waals surface area contributed by atoms with Gasteiger partial charge in [0.25, 0.3) is 0 Å². The summed E-state index contributed by atoms with van der Waals surface area (Å²) in [7, 11) is 0. The summed E-state index contributed by atoms with van der Waals surface area (Å²) in [4.78, 5) is 11.6. The Bertz CT molecular complexity index is 393. The molecule has 1 aromatic carbocycles. The van der Waals surface area contributed by atoms with E-state index >= 15 is 0 Å². The molecular formula is C13H19ClN2O. The van der Waals surface area contributed by atoms with Crippen molar-refractivity contribution in [1.29, 1.82) is 0 Å². The Balaban J connectivity index is 0.00000144. The summed E-state index contributed by atoms with van der Waals surface area (Å²) in [5.74, 6) is -0.0679. The molecule has 1 amide bonds. The van der Waals surface area contributed by atoms with Crippen molar-refractivity contribution in [3.63, 3.8) is 0 Å². The molecule has 0 saturated carbocycles. The number of fused-ring (bicyclic) bond motifs is 1. The van der Waals surface area contributed by atoms with Gasteiger partial charge in [-0.2, -0.15) is 0 Å². The molecule has 1 aromatic rings. The molecule has 94 valence electrons. The number of halogens is 1. The van der Waals surface area contributed by atoms with Gasteiger partial charge in [-0.15, -0.1) is 12.4 Å². The Hall–Kier alpha value is -1.06. The first-order valence-corrected chi connectivity index (χ1v) is 5.82. The van der Waals surface area contributed by atoms with E-state index in [9.17, 15) is 4.79 Å². The van der Waals surface area contributed by atoms with Crippen molar-refractivity contribution >= 4 is 18.3 Å². The summed E-state index contributed by atoms with van der Waals surface area (Å²) < 4.78 is 0. The SMILES string of the molecule is C[C@H](N)C(=O)NC1CCCc2ccccc21.Cl. The fraction of sp³-hybridized carbons (Fsp3) is 0.462. The van der Waals surface area contributed by atoms with Crippen LogP contribution in [0.1, 0.15) is 36.9 Å². The van der Waals surface area contributed by atoms with E-state index in [4.69, 9.17) is 5.73 Å². The van der Waals surface area contributed by atoms with Gasteiger partial charge in [0.05, 0.1) is 12.1 Å². The summed E-state index contributed by atoms with van der Waals surface area (Å²) in [6.07, 6.45) is 3.25. The van der Waals surface area contributed by atoms with Crippen LogP contribution in [0.3, 0.4) is 0 Å². The Morgan fingerprint density at radius 2 is 2.18 bits per heavy atom. The molecule has 1 aliphatic rings. The number of carbonyl (C=O) groups is 1. The number of nitrogens with two attached hydrogens (primary N) is 1. The molecule has 0 heterocycles. The van der Waals surface area contributed by atoms with Gasteiger partial charge in [-0.25, -0.2) is 0 Å². The quantitative estimate of drug-likeness (QED) is 0.848. The predicted octanol–water partition coefficient (Wildman–Crippen LogP) is 1.95. The molecule has 3 nitrogen and oxygen atoms in total. The van der Waals surface area contributed by atoms with Gasteiger partial charge in [0, 0.05) is 0 Å². The van der Waals surface area contributed by atoms with Crippen LogP contribution in [-0.2, 0) is 11.2 Å². The van der Waals surface area contributed by atoms with Crippen LogP contribution in [0.5, 0.6) is 0 Å². The number of aryl methyl sites for hydroxylation is 1. The maximum absolute atomic E-state index is 11.6. The number of nitrogens with one attached hydrogen (secondary N) is 1. The van der Waals surface area contributed by atoms with E-state index < -0.39 is 6.04 Å². The van der Waals surface area contributed by atoms with Gasteiger partial charge in [-0.1, -0.05) is 24.3 Å². The molecule has 3 N–H and O–H groups in total. The highest BCUT2D eigenvalue weighted by Gasteiger charge is 2.22. The van der Waals surface area contributed by atoms with Crippen molar-refractivity contribution in [3.8, 4) is 0 Å². The molecule has 17 heavy (non-hydrogen) atoms. The molecule has 0 aliphatic heterocycles. The minimum absolute atomic E-state index is 0. The zero-order valence-electron chi connectivity index (χ0n) is 9.98. The second kappa shape index (κ2) is 6.03. The van der Waals surface area contributed by atoms with Crippen molar-refractivity contribution in [1.82, 2.24) is 5.32 Å². The average Bonchev–Trinajstić information content (AvgIpc) is 2.29. The number of hydrogen-bond donors (Lipinski definition) is 2. The van der Waals surface area contributed by atoms with Gasteiger partial charge in [0.1, 0.15) is 0 Å². The van der Waals surface area contributed by atoms with Crippen LogP contribution in [0.4, 0.5) is 0 Å². The van der Waals surface area contributed by atoms with Gasteiger partial charge in [-0.3, -0.25) is 4.79 Å². The molecule has 0 fully saturated rings. The van der Waals surface area contributed by atoms with Gasteiger partial charge >= 0.3 is 0 Å². The summed E-state index contributed by atoms with van der Waals surface area (Å²) in [6, 6.07) is 8.02. The minimum atomic E-state index is -0.436. The summed E-state index contributed by atoms with van der Waals surface area (Å²) in [5.41, 5.74) is 8.16. The zero-order valence-corrected chi connectivity index (χ0v) is 10.8. The highest BCUT2D eigenvalue weighted by Crippen LogP contribution is 2.29. The van der Waals surface area contributed by atoms with Gasteiger partial charge in [0.2, 0.25) is 5.91 Å². The number of carbonyl (C=O) groups excluding carboxylic acids is 1. The molecule has 0 saturated heterocycles. The zero-order chi connectivity index (χ0) is 11.5. The fourth-order valence-corrected chi connectivity index (χ4v) is 2.21. The highest BCUT2D eigenvalue weighted by molar-refractivity contribution is 5.85. The maximum Gasteiger partial charge on any atom is 0.237 e. The molecule has 2 rings (SSSR count). The first kappa shape index (κ1) is 14.0. The van der Waals surface area contributed by atoms with E-state index in [1.807, 2.05) is 6.07 Å². The van der Waals surface area contributed by atoms with E-state index in [0.717, 1.165) is 19.3 Å². The predicted molar refractivity (Wildman–Crippen MR) is 71.2 cm³/mol. The lowest BCUT2D eigenvalue weighted by Gasteiger charge is -2.26. The molecule has 0 aromatic heterocycles. The van der Waals surface area contributed by atoms with Crippen molar-refractivity contribution in [2.24, 2.45) is 5.73 Å². The van der Waals surface area contributed by atoms with Gasteiger partial charge < -0.3 is 11.1 Å². The summed E-state index contributed by atoms with van der Waals surface area (Å²) >= 11 is 0. The van der Waals surface area contributed by atoms with Crippen LogP contribution in [0.2, 0.25) is 0 Å². The Morgan fingerprint density at radius 1 is 1.47 bits per heavy atom. The molecule has 0 radical (unpaired) electrons. The van der Waals surface area contributed by atoms with Gasteiger partial charge in [-0.05, 0) is 37.3 Å². The average molecular weight is 255 g/mol. The van der Waals surface area contributed by atoms with E-state index in [2.05, 4.69) is 23.5 Å². The van der Waals surface area contributed by atoms with Crippen molar-refractivity contribution in [2.75, 3.05) is 0 Å². The number of hydrogen-bond acceptors (Lipinski definition) is 2. The summed E-state index contributed by atoms with van der Waals surface area (Å²) in [6.45, 7) is 1.71. The molecule has 1 aliphatic carbocycles. The summed E-state index contributed by atoms with van der Waals surface area (Å²) in [5, 5.41) is 3.01. The van der Waals surface area contributed by atoms with E-state index in [1.165, 1.54) is 11.1 Å². The van der Waals surface area contributed by atoms with Crippen LogP contribution in [-0.4, -0.2) is 11.9 Å². The Morgan fingerprint density at radius 3 is 2.88 bits per heavy atom. The first-order valence-electron chi connectivity index (χ1n) is 5.82. The van der Waals surface area contributed by atoms with Crippen LogP contribution in [0.15, 0.2) is 24.3 Å². The van der Waals surface area contributed by atoms with Crippen LogP contribution in [0.25, 0.3) is 0 Å². The smallest absolute Gasteiger partial charge is 0.237 e. The van der Waals surface area contributed by atoms with E-state index in [0.29, 0.717) is 0 Å². The third-order valence-corrected chi connectivity index (χ3v) is 3.10. The first-order chi connectivity index (χ1) is 7.68. The molecule has 4 heteroatoms. The monoisotopic (exact) mass is 254 g/mol. The maximum atomic E-state index is 11.6. The van der Waals surface area contributed by atoms with Crippen molar-refractivity contribution in [3.05, 3.63) is 35.4 Å². The van der Waals surface area contributed by atoms with Crippen LogP contribution in [0, 0.1) is 0 Å². The normalized spacial score (nSPS) is 19.8. The third kappa shape index (κ3) is 3.20. The number of benzene rings is 1. The second-order valence-electron chi connectivity index (χ2n) is 4.44. The van der Waals surface area contributed by atoms with E-state index in [-0.39, 0.29) is 24.4 Å². The van der Waals surface area contributed by atoms with E-state index in [1.54, 1.807) is 6.92 Å². The Labute approximate surface area is 108 Å². The molecule has 2 atom stereocenters. The Kier molecular flexibility index (Phi) is 4.97. The van der Waals surface area contributed by atoms with Crippen molar-refractivity contribution < 1.29 is 4.79 Å². The standard InChI is InChI=1S/C13H18N2O.ClH/c1-9(14)13(16)15-12-8-4-6-10-5-2-3-7-11(10)12;/h2-3,5,7,9,12H,4,6,8,14H2,1H3,(H,15,16);1H/t9-,12?;/m0./s1. The number of amides is 1. The topological polar surface area (TPSA) is 55.1 Å². The second-order valence-corrected chi connectivity index (χ2v) is 4.44. The minimum Gasteiger partial charge on any atom is -0.348 e. The lowest BCUT2D eigenvalue weighted by atomic mass is 9.87. The van der Waals surface area contributed by atoms with Crippen LogP contribution >= 0.6 is 12.4 Å².